The lowest BCUT2D eigenvalue weighted by Gasteiger charge is -2.39. The van der Waals surface area contributed by atoms with Crippen LogP contribution in [0.4, 0.5) is 5.69 Å². The van der Waals surface area contributed by atoms with Crippen molar-refractivity contribution in [2.75, 3.05) is 18.0 Å². The van der Waals surface area contributed by atoms with Crippen LogP contribution in [0.2, 0.25) is 0 Å². The van der Waals surface area contributed by atoms with E-state index in [1.807, 2.05) is 6.07 Å². The number of nitrogens with zero attached hydrogens (tertiary/aromatic N) is 1. The Morgan fingerprint density at radius 1 is 1.25 bits per heavy atom. The van der Waals surface area contributed by atoms with Gasteiger partial charge in [0.05, 0.1) is 6.10 Å². The van der Waals surface area contributed by atoms with Crippen LogP contribution in [-0.4, -0.2) is 18.2 Å². The summed E-state index contributed by atoms with van der Waals surface area (Å²) in [5, 5.41) is 9.69. The van der Waals surface area contributed by atoms with Gasteiger partial charge in [0.25, 0.3) is 0 Å². The van der Waals surface area contributed by atoms with Gasteiger partial charge in [0, 0.05) is 23.2 Å². The topological polar surface area (TPSA) is 23.5 Å². The van der Waals surface area contributed by atoms with Crippen LogP contribution in [0.5, 0.6) is 0 Å². The van der Waals surface area contributed by atoms with E-state index in [0.717, 1.165) is 29.0 Å². The first-order valence-corrected chi connectivity index (χ1v) is 8.31. The van der Waals surface area contributed by atoms with Gasteiger partial charge < -0.3 is 10.0 Å². The van der Waals surface area contributed by atoms with E-state index in [2.05, 4.69) is 53.7 Å². The van der Waals surface area contributed by atoms with Crippen LogP contribution < -0.4 is 4.90 Å². The Morgan fingerprint density at radius 2 is 1.85 bits per heavy atom. The van der Waals surface area contributed by atoms with Crippen LogP contribution in [0.1, 0.15) is 52.2 Å². The average Bonchev–Trinajstić information content (AvgIpc) is 2.37. The van der Waals surface area contributed by atoms with E-state index in [9.17, 15) is 5.11 Å². The zero-order chi connectivity index (χ0) is 14.9. The Hall–Kier alpha value is -0.540. The average molecular weight is 340 g/mol. The second-order valence-electron chi connectivity index (χ2n) is 7.01. The maximum absolute atomic E-state index is 9.69. The molecular formula is C17H26BrNO. The molecule has 1 N–H and O–H groups in total. The Kier molecular flexibility index (Phi) is 4.80. The second kappa shape index (κ2) is 6.07. The largest absolute Gasteiger partial charge is 0.389 e. The maximum atomic E-state index is 9.69. The summed E-state index contributed by atoms with van der Waals surface area (Å²) >= 11 is 3.57. The molecule has 1 aromatic rings. The molecule has 1 aliphatic heterocycles. The number of rotatable bonds is 2. The minimum absolute atomic E-state index is 0.419. The van der Waals surface area contributed by atoms with Crippen molar-refractivity contribution in [2.24, 2.45) is 11.3 Å². The van der Waals surface area contributed by atoms with Crippen molar-refractivity contribution in [1.29, 1.82) is 0 Å². The SMILES string of the molecule is CC(O)c1ccc(N2CCC(C(C)(C)C)CC2)cc1Br. The van der Waals surface area contributed by atoms with Gasteiger partial charge in [0.15, 0.2) is 0 Å². The Balaban J connectivity index is 2.06. The number of halogens is 1. The molecule has 1 unspecified atom stereocenters. The molecule has 20 heavy (non-hydrogen) atoms. The molecule has 0 spiro atoms. The standard InChI is InChI=1S/C17H26BrNO/c1-12(20)15-6-5-14(11-16(15)18)19-9-7-13(8-10-19)17(2,3)4/h5-6,11-13,20H,7-10H2,1-4H3. The molecule has 1 aromatic carbocycles. The highest BCUT2D eigenvalue weighted by Crippen LogP contribution is 2.36. The van der Waals surface area contributed by atoms with Crippen LogP contribution >= 0.6 is 15.9 Å². The summed E-state index contributed by atoms with van der Waals surface area (Å²) < 4.78 is 1.00. The van der Waals surface area contributed by atoms with Crippen molar-refractivity contribution in [3.8, 4) is 0 Å². The Labute approximate surface area is 131 Å². The minimum Gasteiger partial charge on any atom is -0.389 e. The first kappa shape index (κ1) is 15.8. The van der Waals surface area contributed by atoms with Crippen LogP contribution in [0.3, 0.4) is 0 Å². The molecule has 2 rings (SSSR count). The number of aliphatic hydroxyl groups excluding tert-OH is 1. The molecule has 3 heteroatoms. The molecule has 112 valence electrons. The van der Waals surface area contributed by atoms with Crippen molar-refractivity contribution < 1.29 is 5.11 Å². The highest BCUT2D eigenvalue weighted by Gasteiger charge is 2.28. The quantitative estimate of drug-likeness (QED) is 0.839. The lowest BCUT2D eigenvalue weighted by Crippen LogP contribution is -2.38. The van der Waals surface area contributed by atoms with Gasteiger partial charge in [0.2, 0.25) is 0 Å². The van der Waals surface area contributed by atoms with Crippen molar-refractivity contribution in [3.05, 3.63) is 28.2 Å². The Morgan fingerprint density at radius 3 is 2.30 bits per heavy atom. The van der Waals surface area contributed by atoms with Crippen LogP contribution in [0, 0.1) is 11.3 Å². The van der Waals surface area contributed by atoms with Crippen molar-refractivity contribution in [1.82, 2.24) is 0 Å². The smallest absolute Gasteiger partial charge is 0.0772 e. The number of aliphatic hydroxyl groups is 1. The molecule has 1 heterocycles. The summed E-state index contributed by atoms with van der Waals surface area (Å²) in [7, 11) is 0. The lowest BCUT2D eigenvalue weighted by atomic mass is 9.75. The van der Waals surface area contributed by atoms with Gasteiger partial charge in [0.1, 0.15) is 0 Å². The first-order chi connectivity index (χ1) is 9.29. The summed E-state index contributed by atoms with van der Waals surface area (Å²) in [6, 6.07) is 6.30. The van der Waals surface area contributed by atoms with Crippen LogP contribution in [0.25, 0.3) is 0 Å². The van der Waals surface area contributed by atoms with E-state index in [0.29, 0.717) is 5.41 Å². The summed E-state index contributed by atoms with van der Waals surface area (Å²) in [6.45, 7) is 11.1. The van der Waals surface area contributed by atoms with Gasteiger partial charge in [-0.2, -0.15) is 0 Å². The van der Waals surface area contributed by atoms with E-state index < -0.39 is 6.10 Å². The van der Waals surface area contributed by atoms with E-state index in [1.165, 1.54) is 18.5 Å². The third-order valence-corrected chi connectivity index (χ3v) is 5.21. The van der Waals surface area contributed by atoms with Gasteiger partial charge in [-0.15, -0.1) is 0 Å². The predicted octanol–water partition coefficient (Wildman–Crippen LogP) is 4.76. The third-order valence-electron chi connectivity index (χ3n) is 4.52. The highest BCUT2D eigenvalue weighted by molar-refractivity contribution is 9.10. The van der Waals surface area contributed by atoms with E-state index in [-0.39, 0.29) is 0 Å². The summed E-state index contributed by atoms with van der Waals surface area (Å²) in [4.78, 5) is 2.46. The van der Waals surface area contributed by atoms with Gasteiger partial charge in [-0.25, -0.2) is 0 Å². The molecule has 0 amide bonds. The number of hydrogen-bond acceptors (Lipinski definition) is 2. The van der Waals surface area contributed by atoms with Crippen LogP contribution in [-0.2, 0) is 0 Å². The molecule has 0 saturated carbocycles. The lowest BCUT2D eigenvalue weighted by molar-refractivity contribution is 0.197. The van der Waals surface area contributed by atoms with Gasteiger partial charge in [-0.3, -0.25) is 0 Å². The molecule has 0 aliphatic carbocycles. The third kappa shape index (κ3) is 3.56. The maximum Gasteiger partial charge on any atom is 0.0772 e. The fraction of sp³-hybridized carbons (Fsp3) is 0.647. The fourth-order valence-electron chi connectivity index (χ4n) is 3.06. The molecule has 1 atom stereocenters. The summed E-state index contributed by atoms with van der Waals surface area (Å²) in [5.74, 6) is 0.818. The van der Waals surface area contributed by atoms with Gasteiger partial charge >= 0.3 is 0 Å². The van der Waals surface area contributed by atoms with Gasteiger partial charge in [-0.1, -0.05) is 42.8 Å². The van der Waals surface area contributed by atoms with E-state index in [1.54, 1.807) is 6.92 Å². The van der Waals surface area contributed by atoms with Crippen LogP contribution in [0.15, 0.2) is 22.7 Å². The van der Waals surface area contributed by atoms with Gasteiger partial charge in [-0.05, 0) is 48.8 Å². The van der Waals surface area contributed by atoms with Crippen molar-refractivity contribution in [2.45, 2.75) is 46.6 Å². The fourth-order valence-corrected chi connectivity index (χ4v) is 3.75. The van der Waals surface area contributed by atoms with Crippen molar-refractivity contribution >= 4 is 21.6 Å². The molecule has 0 radical (unpaired) electrons. The molecule has 1 aliphatic rings. The Bertz CT molecular complexity index is 457. The monoisotopic (exact) mass is 339 g/mol. The predicted molar refractivity (Wildman–Crippen MR) is 89.2 cm³/mol. The zero-order valence-corrected chi connectivity index (χ0v) is 14.6. The normalized spacial score (nSPS) is 19.2. The minimum atomic E-state index is -0.426. The molecule has 1 fully saturated rings. The zero-order valence-electron chi connectivity index (χ0n) is 13.0. The number of benzene rings is 1. The molecular weight excluding hydrogens is 314 g/mol. The molecule has 0 bridgehead atoms. The summed E-state index contributed by atoms with van der Waals surface area (Å²) in [6.07, 6.45) is 2.10. The van der Waals surface area contributed by atoms with E-state index in [4.69, 9.17) is 0 Å². The molecule has 0 aromatic heterocycles. The molecule has 1 saturated heterocycles. The molecule has 2 nitrogen and oxygen atoms in total. The number of hydrogen-bond donors (Lipinski definition) is 1. The van der Waals surface area contributed by atoms with E-state index >= 15 is 0 Å². The first-order valence-electron chi connectivity index (χ1n) is 7.51. The number of anilines is 1. The summed E-state index contributed by atoms with van der Waals surface area (Å²) in [5.41, 5.74) is 2.63. The number of piperidine rings is 1. The van der Waals surface area contributed by atoms with Crippen molar-refractivity contribution in [3.63, 3.8) is 0 Å². The highest BCUT2D eigenvalue weighted by atomic mass is 79.9. The second-order valence-corrected chi connectivity index (χ2v) is 7.86.